The van der Waals surface area contributed by atoms with Crippen LogP contribution in [0.1, 0.15) is 37.5 Å². The van der Waals surface area contributed by atoms with Gasteiger partial charge in [0.15, 0.2) is 0 Å². The van der Waals surface area contributed by atoms with E-state index >= 15 is 0 Å². The molecule has 0 aromatic carbocycles. The molecule has 1 heterocycles. The van der Waals surface area contributed by atoms with Crippen LogP contribution in [-0.2, 0) is 0 Å². The summed E-state index contributed by atoms with van der Waals surface area (Å²) in [6.45, 7) is 5.76. The Morgan fingerprint density at radius 2 is 2.40 bits per heavy atom. The summed E-state index contributed by atoms with van der Waals surface area (Å²) in [6.07, 6.45) is 2.55. The van der Waals surface area contributed by atoms with Crippen LogP contribution in [-0.4, -0.2) is 12.6 Å². The van der Waals surface area contributed by atoms with Crippen LogP contribution in [0, 0.1) is 5.92 Å². The van der Waals surface area contributed by atoms with E-state index in [1.54, 1.807) is 4.88 Å². The number of hydrogen-bond acceptors (Lipinski definition) is 2. The fraction of sp³-hybridized carbons (Fsp3) is 0.667. The molecule has 0 bridgehead atoms. The normalized spacial score (nSPS) is 30.2. The van der Waals surface area contributed by atoms with Gasteiger partial charge in [-0.05, 0) is 53.2 Å². The van der Waals surface area contributed by atoms with Gasteiger partial charge in [0.05, 0.1) is 0 Å². The van der Waals surface area contributed by atoms with Crippen molar-refractivity contribution < 1.29 is 0 Å². The van der Waals surface area contributed by atoms with Crippen LogP contribution in [0.25, 0.3) is 0 Å². The number of hydrogen-bond donors (Lipinski definition) is 1. The van der Waals surface area contributed by atoms with Gasteiger partial charge in [-0.3, -0.25) is 0 Å². The number of halogens is 1. The van der Waals surface area contributed by atoms with E-state index in [0.29, 0.717) is 0 Å². The highest BCUT2D eigenvalue weighted by Crippen LogP contribution is 2.45. The summed E-state index contributed by atoms with van der Waals surface area (Å²) >= 11 is 5.41. The molecule has 84 valence electrons. The SMILES string of the molecule is CCCNC1CC(c2cc(Br)cs2)C1C. The summed E-state index contributed by atoms with van der Waals surface area (Å²) in [4.78, 5) is 1.55. The minimum atomic E-state index is 0.746. The van der Waals surface area contributed by atoms with Crippen LogP contribution in [0.2, 0.25) is 0 Å². The second-order valence-electron chi connectivity index (χ2n) is 4.43. The molecule has 3 heteroatoms. The van der Waals surface area contributed by atoms with Crippen LogP contribution >= 0.6 is 27.3 Å². The Balaban J connectivity index is 1.88. The van der Waals surface area contributed by atoms with Crippen LogP contribution in [0.15, 0.2) is 15.9 Å². The van der Waals surface area contributed by atoms with Crippen molar-refractivity contribution >= 4 is 27.3 Å². The summed E-state index contributed by atoms with van der Waals surface area (Å²) < 4.78 is 1.24. The highest BCUT2D eigenvalue weighted by Gasteiger charge is 2.38. The van der Waals surface area contributed by atoms with Gasteiger partial charge in [0.25, 0.3) is 0 Å². The van der Waals surface area contributed by atoms with Gasteiger partial charge in [0.2, 0.25) is 0 Å². The van der Waals surface area contributed by atoms with Gasteiger partial charge in [-0.2, -0.15) is 0 Å². The first-order chi connectivity index (χ1) is 7.22. The van der Waals surface area contributed by atoms with Crippen LogP contribution < -0.4 is 5.32 Å². The minimum absolute atomic E-state index is 0.746. The monoisotopic (exact) mass is 287 g/mol. The van der Waals surface area contributed by atoms with E-state index in [1.165, 1.54) is 17.3 Å². The second kappa shape index (κ2) is 4.98. The molecular formula is C12H18BrNS. The van der Waals surface area contributed by atoms with Crippen molar-refractivity contribution in [3.05, 3.63) is 20.8 Å². The molecule has 1 aliphatic carbocycles. The lowest BCUT2D eigenvalue weighted by atomic mass is 9.69. The van der Waals surface area contributed by atoms with E-state index in [0.717, 1.165) is 24.4 Å². The Bertz CT molecular complexity index is 323. The molecule has 0 aliphatic heterocycles. The summed E-state index contributed by atoms with van der Waals surface area (Å²) in [5, 5.41) is 5.81. The lowest BCUT2D eigenvalue weighted by Crippen LogP contribution is -2.47. The van der Waals surface area contributed by atoms with E-state index in [4.69, 9.17) is 0 Å². The van der Waals surface area contributed by atoms with Crippen LogP contribution in [0.5, 0.6) is 0 Å². The minimum Gasteiger partial charge on any atom is -0.314 e. The molecule has 15 heavy (non-hydrogen) atoms. The standard InChI is InChI=1S/C12H18BrNS/c1-3-4-14-11-6-10(8(11)2)12-5-9(13)7-15-12/h5,7-8,10-11,14H,3-4,6H2,1-2H3. The summed E-state index contributed by atoms with van der Waals surface area (Å²) in [7, 11) is 0. The largest absolute Gasteiger partial charge is 0.314 e. The maximum Gasteiger partial charge on any atom is 0.0285 e. The van der Waals surface area contributed by atoms with Gasteiger partial charge < -0.3 is 5.32 Å². The van der Waals surface area contributed by atoms with E-state index in [9.17, 15) is 0 Å². The van der Waals surface area contributed by atoms with Crippen molar-refractivity contribution in [2.45, 2.75) is 38.6 Å². The van der Waals surface area contributed by atoms with E-state index < -0.39 is 0 Å². The Morgan fingerprint density at radius 3 is 2.93 bits per heavy atom. The van der Waals surface area contributed by atoms with Gasteiger partial charge in [-0.1, -0.05) is 13.8 Å². The fourth-order valence-electron chi connectivity index (χ4n) is 2.28. The zero-order valence-corrected chi connectivity index (χ0v) is 11.7. The average Bonchev–Trinajstić information content (AvgIpc) is 2.62. The molecule has 1 nitrogen and oxygen atoms in total. The third-order valence-electron chi connectivity index (χ3n) is 3.39. The molecule has 0 spiro atoms. The Hall–Kier alpha value is 0.140. The van der Waals surface area contributed by atoms with Gasteiger partial charge in [-0.15, -0.1) is 11.3 Å². The zero-order chi connectivity index (χ0) is 10.8. The second-order valence-corrected chi connectivity index (χ2v) is 6.29. The highest BCUT2D eigenvalue weighted by molar-refractivity contribution is 9.10. The van der Waals surface area contributed by atoms with Crippen molar-refractivity contribution in [2.24, 2.45) is 5.92 Å². The van der Waals surface area contributed by atoms with Crippen molar-refractivity contribution in [3.8, 4) is 0 Å². The van der Waals surface area contributed by atoms with Gasteiger partial charge in [0.1, 0.15) is 0 Å². The summed E-state index contributed by atoms with van der Waals surface area (Å²) in [5.74, 6) is 1.58. The van der Waals surface area contributed by atoms with Crippen LogP contribution in [0.3, 0.4) is 0 Å². The van der Waals surface area contributed by atoms with E-state index in [2.05, 4.69) is 46.5 Å². The van der Waals surface area contributed by atoms with Gasteiger partial charge in [0, 0.05) is 20.8 Å². The number of rotatable bonds is 4. The van der Waals surface area contributed by atoms with E-state index in [1.807, 2.05) is 11.3 Å². The third kappa shape index (κ3) is 2.45. The maximum absolute atomic E-state index is 3.62. The molecule has 1 aliphatic rings. The Kier molecular flexibility index (Phi) is 3.86. The van der Waals surface area contributed by atoms with Crippen molar-refractivity contribution in [3.63, 3.8) is 0 Å². The summed E-state index contributed by atoms with van der Waals surface area (Å²) in [5.41, 5.74) is 0. The van der Waals surface area contributed by atoms with Gasteiger partial charge in [-0.25, -0.2) is 0 Å². The maximum atomic E-state index is 3.62. The van der Waals surface area contributed by atoms with Crippen molar-refractivity contribution in [2.75, 3.05) is 6.54 Å². The van der Waals surface area contributed by atoms with Gasteiger partial charge >= 0.3 is 0 Å². The van der Waals surface area contributed by atoms with Crippen LogP contribution in [0.4, 0.5) is 0 Å². The average molecular weight is 288 g/mol. The van der Waals surface area contributed by atoms with E-state index in [-0.39, 0.29) is 0 Å². The molecule has 1 aromatic heterocycles. The lowest BCUT2D eigenvalue weighted by Gasteiger charge is -2.43. The molecule has 1 aromatic rings. The molecule has 0 saturated heterocycles. The summed E-state index contributed by atoms with van der Waals surface area (Å²) in [6, 6.07) is 3.03. The lowest BCUT2D eigenvalue weighted by molar-refractivity contribution is 0.187. The molecular weight excluding hydrogens is 270 g/mol. The predicted octanol–water partition coefficient (Wildman–Crippen LogP) is 4.00. The zero-order valence-electron chi connectivity index (χ0n) is 9.29. The quantitative estimate of drug-likeness (QED) is 0.883. The molecule has 1 fully saturated rings. The number of nitrogens with one attached hydrogen (secondary N) is 1. The van der Waals surface area contributed by atoms with Crippen molar-refractivity contribution in [1.29, 1.82) is 0 Å². The Morgan fingerprint density at radius 1 is 1.60 bits per heavy atom. The molecule has 2 rings (SSSR count). The first-order valence-electron chi connectivity index (χ1n) is 5.69. The third-order valence-corrected chi connectivity index (χ3v) is 5.21. The molecule has 0 radical (unpaired) electrons. The topological polar surface area (TPSA) is 12.0 Å². The predicted molar refractivity (Wildman–Crippen MR) is 70.6 cm³/mol. The smallest absolute Gasteiger partial charge is 0.0285 e. The molecule has 3 atom stereocenters. The number of thiophene rings is 1. The highest BCUT2D eigenvalue weighted by atomic mass is 79.9. The molecule has 1 saturated carbocycles. The molecule has 1 N–H and O–H groups in total. The Labute approximate surface area is 104 Å². The molecule has 0 amide bonds. The van der Waals surface area contributed by atoms with Crippen molar-refractivity contribution in [1.82, 2.24) is 5.32 Å². The fourth-order valence-corrected chi connectivity index (χ4v) is 3.96. The first kappa shape index (κ1) is 11.6. The first-order valence-corrected chi connectivity index (χ1v) is 7.37. The molecule has 3 unspecified atom stereocenters.